The number of aliphatic carboxylic acids is 1. The molecule has 0 amide bonds. The lowest BCUT2D eigenvalue weighted by atomic mass is 10.2. The van der Waals surface area contributed by atoms with E-state index in [4.69, 9.17) is 5.11 Å². The molecule has 0 atom stereocenters. The van der Waals surface area contributed by atoms with Crippen LogP contribution in [0.1, 0.15) is 16.1 Å². The number of thiophene rings is 1. The fraction of sp³-hybridized carbons (Fsp3) is 0.154. The van der Waals surface area contributed by atoms with Gasteiger partial charge in [-0.3, -0.25) is 9.36 Å². The van der Waals surface area contributed by atoms with Gasteiger partial charge >= 0.3 is 5.97 Å². The molecular weight excluding hydrogens is 264 g/mol. The largest absolute Gasteiger partial charge is 0.478 e. The number of aryl methyl sites for hydroxylation is 1. The Morgan fingerprint density at radius 3 is 3.05 bits per heavy atom. The van der Waals surface area contributed by atoms with Crippen LogP contribution in [-0.2, 0) is 11.3 Å². The molecule has 2 rings (SSSR count). The highest BCUT2D eigenvalue weighted by atomic mass is 32.1. The normalized spacial score (nSPS) is 11.0. The van der Waals surface area contributed by atoms with Crippen molar-refractivity contribution >= 4 is 23.4 Å². The monoisotopic (exact) mass is 276 g/mol. The Bertz CT molecular complexity index is 685. The average molecular weight is 276 g/mol. The summed E-state index contributed by atoms with van der Waals surface area (Å²) in [4.78, 5) is 27.3. The second-order valence-electron chi connectivity index (χ2n) is 3.97. The molecule has 2 heterocycles. The second-order valence-corrected chi connectivity index (χ2v) is 4.97. The van der Waals surface area contributed by atoms with Gasteiger partial charge < -0.3 is 5.11 Å². The Hall–Kier alpha value is -2.21. The molecular formula is C13H12N2O3S. The first-order valence-corrected chi connectivity index (χ1v) is 6.44. The molecule has 0 fully saturated rings. The molecule has 19 heavy (non-hydrogen) atoms. The zero-order valence-electron chi connectivity index (χ0n) is 10.2. The predicted octanol–water partition coefficient (Wildman–Crippen LogP) is 1.76. The van der Waals surface area contributed by atoms with Gasteiger partial charge in [0.25, 0.3) is 5.56 Å². The molecule has 98 valence electrons. The first-order chi connectivity index (χ1) is 9.06. The van der Waals surface area contributed by atoms with E-state index in [1.807, 2.05) is 11.4 Å². The maximum atomic E-state index is 11.8. The maximum Gasteiger partial charge on any atom is 0.328 e. The minimum atomic E-state index is -0.994. The van der Waals surface area contributed by atoms with Crippen molar-refractivity contribution in [2.24, 2.45) is 0 Å². The van der Waals surface area contributed by atoms with Crippen LogP contribution in [0.2, 0.25) is 0 Å². The van der Waals surface area contributed by atoms with Crippen LogP contribution in [-0.4, -0.2) is 20.6 Å². The van der Waals surface area contributed by atoms with E-state index in [-0.39, 0.29) is 5.56 Å². The SMILES string of the molecule is Cc1cc(=O)n(Cc2sccc2C=CC(=O)O)cn1. The molecule has 0 unspecified atom stereocenters. The van der Waals surface area contributed by atoms with E-state index >= 15 is 0 Å². The van der Waals surface area contributed by atoms with E-state index in [9.17, 15) is 9.59 Å². The zero-order chi connectivity index (χ0) is 13.8. The fourth-order valence-electron chi connectivity index (χ4n) is 1.58. The maximum absolute atomic E-state index is 11.8. The summed E-state index contributed by atoms with van der Waals surface area (Å²) in [7, 11) is 0. The standard InChI is InChI=1S/C13H12N2O3S/c1-9-6-12(16)15(8-14-9)7-11-10(4-5-19-11)2-3-13(17)18/h2-6,8H,7H2,1H3,(H,17,18). The van der Waals surface area contributed by atoms with Crippen LogP contribution < -0.4 is 5.56 Å². The molecule has 0 aliphatic rings. The zero-order valence-corrected chi connectivity index (χ0v) is 11.1. The minimum absolute atomic E-state index is 0.117. The van der Waals surface area contributed by atoms with E-state index in [1.54, 1.807) is 6.92 Å². The molecule has 0 aliphatic heterocycles. The van der Waals surface area contributed by atoms with E-state index in [0.717, 1.165) is 16.5 Å². The summed E-state index contributed by atoms with van der Waals surface area (Å²) >= 11 is 1.48. The fourth-order valence-corrected chi connectivity index (χ4v) is 2.44. The van der Waals surface area contributed by atoms with Crippen LogP contribution in [0.4, 0.5) is 0 Å². The van der Waals surface area contributed by atoms with Crippen molar-refractivity contribution in [2.75, 3.05) is 0 Å². The van der Waals surface area contributed by atoms with Gasteiger partial charge in [-0.1, -0.05) is 0 Å². The highest BCUT2D eigenvalue weighted by molar-refractivity contribution is 7.10. The number of aromatic nitrogens is 2. The molecule has 0 saturated heterocycles. The number of hydrogen-bond acceptors (Lipinski definition) is 4. The molecule has 5 nitrogen and oxygen atoms in total. The van der Waals surface area contributed by atoms with Crippen molar-refractivity contribution in [2.45, 2.75) is 13.5 Å². The van der Waals surface area contributed by atoms with Gasteiger partial charge in [0.05, 0.1) is 12.9 Å². The summed E-state index contributed by atoms with van der Waals surface area (Å²) < 4.78 is 1.50. The smallest absolute Gasteiger partial charge is 0.328 e. The Morgan fingerprint density at radius 1 is 1.58 bits per heavy atom. The number of nitrogens with zero attached hydrogens (tertiary/aromatic N) is 2. The summed E-state index contributed by atoms with van der Waals surface area (Å²) in [6, 6.07) is 3.30. The van der Waals surface area contributed by atoms with E-state index < -0.39 is 5.97 Å². The molecule has 6 heteroatoms. The molecule has 1 N–H and O–H groups in total. The van der Waals surface area contributed by atoms with Crippen molar-refractivity contribution in [3.63, 3.8) is 0 Å². The summed E-state index contributed by atoms with van der Waals surface area (Å²) in [6.45, 7) is 2.15. The van der Waals surface area contributed by atoms with E-state index in [0.29, 0.717) is 12.2 Å². The Morgan fingerprint density at radius 2 is 2.37 bits per heavy atom. The lowest BCUT2D eigenvalue weighted by molar-refractivity contribution is -0.131. The van der Waals surface area contributed by atoms with E-state index in [2.05, 4.69) is 4.98 Å². The summed E-state index contributed by atoms with van der Waals surface area (Å²) in [5, 5.41) is 10.5. The van der Waals surface area contributed by atoms with Crippen molar-refractivity contribution in [3.8, 4) is 0 Å². The topological polar surface area (TPSA) is 72.2 Å². The van der Waals surface area contributed by atoms with Gasteiger partial charge in [-0.15, -0.1) is 11.3 Å². The van der Waals surface area contributed by atoms with Gasteiger partial charge in [-0.25, -0.2) is 9.78 Å². The van der Waals surface area contributed by atoms with Crippen LogP contribution in [0, 0.1) is 6.92 Å². The molecule has 0 aromatic carbocycles. The number of carbonyl (C=O) groups is 1. The quantitative estimate of drug-likeness (QED) is 0.864. The van der Waals surface area contributed by atoms with Gasteiger partial charge in [-0.2, -0.15) is 0 Å². The molecule has 0 aliphatic carbocycles. The van der Waals surface area contributed by atoms with Crippen molar-refractivity contribution in [1.82, 2.24) is 9.55 Å². The number of rotatable bonds is 4. The third kappa shape index (κ3) is 3.38. The van der Waals surface area contributed by atoms with Crippen LogP contribution in [0.25, 0.3) is 6.08 Å². The van der Waals surface area contributed by atoms with E-state index in [1.165, 1.54) is 34.4 Å². The van der Waals surface area contributed by atoms with Gasteiger partial charge in [-0.05, 0) is 30.0 Å². The molecule has 0 saturated carbocycles. The number of hydrogen-bond donors (Lipinski definition) is 1. The molecule has 2 aromatic rings. The van der Waals surface area contributed by atoms with Gasteiger partial charge in [0, 0.05) is 22.7 Å². The highest BCUT2D eigenvalue weighted by Crippen LogP contribution is 2.19. The van der Waals surface area contributed by atoms with Gasteiger partial charge in [0.15, 0.2) is 0 Å². The van der Waals surface area contributed by atoms with Crippen LogP contribution >= 0.6 is 11.3 Å². The third-order valence-electron chi connectivity index (χ3n) is 2.52. The third-order valence-corrected chi connectivity index (χ3v) is 3.44. The second kappa shape index (κ2) is 5.62. The van der Waals surface area contributed by atoms with Crippen LogP contribution in [0.5, 0.6) is 0 Å². The number of carboxylic acid groups (broad SMARTS) is 1. The Kier molecular flexibility index (Phi) is 3.91. The molecule has 0 radical (unpaired) electrons. The highest BCUT2D eigenvalue weighted by Gasteiger charge is 2.05. The summed E-state index contributed by atoms with van der Waals surface area (Å²) in [5.74, 6) is -0.994. The minimum Gasteiger partial charge on any atom is -0.478 e. The van der Waals surface area contributed by atoms with Crippen molar-refractivity contribution in [1.29, 1.82) is 0 Å². The van der Waals surface area contributed by atoms with Gasteiger partial charge in [0.1, 0.15) is 0 Å². The molecule has 2 aromatic heterocycles. The van der Waals surface area contributed by atoms with Crippen LogP contribution in [0.3, 0.4) is 0 Å². The Balaban J connectivity index is 2.27. The summed E-state index contributed by atoms with van der Waals surface area (Å²) in [5.41, 5.74) is 1.37. The first kappa shape index (κ1) is 13.2. The average Bonchev–Trinajstić information content (AvgIpc) is 2.77. The van der Waals surface area contributed by atoms with Gasteiger partial charge in [0.2, 0.25) is 0 Å². The van der Waals surface area contributed by atoms with Crippen molar-refractivity contribution < 1.29 is 9.90 Å². The van der Waals surface area contributed by atoms with Crippen LogP contribution in [0.15, 0.2) is 34.7 Å². The lowest BCUT2D eigenvalue weighted by Gasteiger charge is -2.04. The summed E-state index contributed by atoms with van der Waals surface area (Å²) in [6.07, 6.45) is 4.12. The molecule has 0 spiro atoms. The number of carboxylic acids is 1. The lowest BCUT2D eigenvalue weighted by Crippen LogP contribution is -2.20. The molecule has 0 bridgehead atoms. The predicted molar refractivity (Wildman–Crippen MR) is 73.3 cm³/mol. The van der Waals surface area contributed by atoms with Crippen molar-refractivity contribution in [3.05, 3.63) is 56.4 Å². The first-order valence-electron chi connectivity index (χ1n) is 5.57. The Labute approximate surface area is 113 Å².